The Bertz CT molecular complexity index is 433. The molecule has 0 bridgehead atoms. The first kappa shape index (κ1) is 14.4. The van der Waals surface area contributed by atoms with Gasteiger partial charge in [-0.25, -0.2) is 8.78 Å². The third-order valence-corrected chi connectivity index (χ3v) is 3.87. The predicted molar refractivity (Wildman–Crippen MR) is 69.4 cm³/mol. The van der Waals surface area contributed by atoms with Crippen LogP contribution in [0.1, 0.15) is 31.7 Å². The summed E-state index contributed by atoms with van der Waals surface area (Å²) >= 11 is 0. The molecule has 1 heterocycles. The highest BCUT2D eigenvalue weighted by molar-refractivity contribution is 5.20. The van der Waals surface area contributed by atoms with Crippen LogP contribution in [0.3, 0.4) is 0 Å². The third-order valence-electron chi connectivity index (χ3n) is 3.87. The van der Waals surface area contributed by atoms with Gasteiger partial charge >= 0.3 is 0 Å². The van der Waals surface area contributed by atoms with Crippen molar-refractivity contribution >= 4 is 0 Å². The minimum atomic E-state index is -0.443. The van der Waals surface area contributed by atoms with Gasteiger partial charge in [0.15, 0.2) is 0 Å². The molecule has 0 spiro atoms. The molecule has 0 aromatic heterocycles. The lowest BCUT2D eigenvalue weighted by molar-refractivity contribution is -0.0885. The first-order valence-electron chi connectivity index (χ1n) is 6.59. The van der Waals surface area contributed by atoms with Crippen molar-refractivity contribution in [2.24, 2.45) is 5.84 Å². The fourth-order valence-electron chi connectivity index (χ4n) is 2.60. The summed E-state index contributed by atoms with van der Waals surface area (Å²) in [6.45, 7) is 2.65. The molecular weight excluding hydrogens is 250 g/mol. The number of nitrogens with two attached hydrogens (primary N) is 1. The molecular formula is C14H20F2N2O. The third kappa shape index (κ3) is 3.29. The molecule has 1 aromatic rings. The summed E-state index contributed by atoms with van der Waals surface area (Å²) in [5.74, 6) is 4.72. The second kappa shape index (κ2) is 5.94. The Balaban J connectivity index is 2.16. The van der Waals surface area contributed by atoms with Gasteiger partial charge < -0.3 is 4.74 Å². The van der Waals surface area contributed by atoms with E-state index in [0.717, 1.165) is 31.4 Å². The molecule has 1 fully saturated rings. The van der Waals surface area contributed by atoms with Gasteiger partial charge in [-0.1, -0.05) is 0 Å². The average molecular weight is 270 g/mol. The number of halogens is 2. The minimum absolute atomic E-state index is 0.246. The van der Waals surface area contributed by atoms with E-state index in [9.17, 15) is 8.78 Å². The van der Waals surface area contributed by atoms with Crippen molar-refractivity contribution in [2.45, 2.75) is 44.2 Å². The van der Waals surface area contributed by atoms with Gasteiger partial charge in [-0.3, -0.25) is 11.3 Å². The summed E-state index contributed by atoms with van der Waals surface area (Å²) in [6.07, 6.45) is 3.25. The molecule has 0 radical (unpaired) electrons. The highest BCUT2D eigenvalue weighted by Gasteiger charge is 2.36. The van der Waals surface area contributed by atoms with Crippen LogP contribution in [0.15, 0.2) is 18.2 Å². The molecule has 3 N–H and O–H groups in total. The number of benzene rings is 1. The predicted octanol–water partition coefficient (Wildman–Crippen LogP) is 2.30. The molecule has 5 heteroatoms. The molecule has 1 aliphatic rings. The van der Waals surface area contributed by atoms with E-state index in [4.69, 9.17) is 10.6 Å². The first-order valence-corrected chi connectivity index (χ1v) is 6.59. The number of hydrogen-bond donors (Lipinski definition) is 2. The molecule has 1 saturated heterocycles. The second-order valence-electron chi connectivity index (χ2n) is 5.28. The standard InChI is InChI=1S/C14H20F2N2O/c1-14(6-2-3-7-19-14)13(18-17)9-10-8-11(15)4-5-12(10)16/h4-5,8,13,18H,2-3,6-7,9,17H2,1H3. The van der Waals surface area contributed by atoms with Gasteiger partial charge in [0.05, 0.1) is 11.6 Å². The van der Waals surface area contributed by atoms with Crippen LogP contribution in [0.25, 0.3) is 0 Å². The van der Waals surface area contributed by atoms with E-state index in [1.54, 1.807) is 0 Å². The zero-order valence-corrected chi connectivity index (χ0v) is 11.1. The van der Waals surface area contributed by atoms with E-state index < -0.39 is 17.2 Å². The molecule has 1 aliphatic heterocycles. The smallest absolute Gasteiger partial charge is 0.126 e. The van der Waals surface area contributed by atoms with Gasteiger partial charge in [0.1, 0.15) is 11.6 Å². The first-order chi connectivity index (χ1) is 9.05. The maximum Gasteiger partial charge on any atom is 0.126 e. The SMILES string of the molecule is CC1(C(Cc2cc(F)ccc2F)NN)CCCCO1. The van der Waals surface area contributed by atoms with Crippen LogP contribution >= 0.6 is 0 Å². The van der Waals surface area contributed by atoms with Crippen LogP contribution in [-0.2, 0) is 11.2 Å². The largest absolute Gasteiger partial charge is 0.374 e. The molecule has 2 atom stereocenters. The van der Waals surface area contributed by atoms with Gasteiger partial charge in [0.2, 0.25) is 0 Å². The lowest BCUT2D eigenvalue weighted by Gasteiger charge is -2.40. The molecule has 106 valence electrons. The van der Waals surface area contributed by atoms with Crippen molar-refractivity contribution < 1.29 is 13.5 Å². The van der Waals surface area contributed by atoms with Crippen molar-refractivity contribution in [3.05, 3.63) is 35.4 Å². The van der Waals surface area contributed by atoms with Crippen LogP contribution in [0.2, 0.25) is 0 Å². The van der Waals surface area contributed by atoms with E-state index in [0.29, 0.717) is 18.6 Å². The van der Waals surface area contributed by atoms with Crippen molar-refractivity contribution in [2.75, 3.05) is 6.61 Å². The highest BCUT2D eigenvalue weighted by Crippen LogP contribution is 2.29. The molecule has 2 rings (SSSR count). The Morgan fingerprint density at radius 3 is 2.84 bits per heavy atom. The summed E-state index contributed by atoms with van der Waals surface area (Å²) in [4.78, 5) is 0. The summed E-state index contributed by atoms with van der Waals surface area (Å²) < 4.78 is 32.7. The fraction of sp³-hybridized carbons (Fsp3) is 0.571. The maximum absolute atomic E-state index is 13.7. The Labute approximate surface area is 112 Å². The number of rotatable bonds is 4. The summed E-state index contributed by atoms with van der Waals surface area (Å²) in [5.41, 5.74) is 2.57. The Morgan fingerprint density at radius 2 is 2.21 bits per heavy atom. The number of hydrazine groups is 1. The van der Waals surface area contributed by atoms with Gasteiger partial charge in [0.25, 0.3) is 0 Å². The number of hydrogen-bond acceptors (Lipinski definition) is 3. The van der Waals surface area contributed by atoms with Gasteiger partial charge in [-0.15, -0.1) is 0 Å². The molecule has 0 amide bonds. The Kier molecular flexibility index (Phi) is 4.50. The van der Waals surface area contributed by atoms with E-state index in [2.05, 4.69) is 5.43 Å². The van der Waals surface area contributed by atoms with E-state index in [1.807, 2.05) is 6.92 Å². The zero-order chi connectivity index (χ0) is 13.9. The molecule has 19 heavy (non-hydrogen) atoms. The number of ether oxygens (including phenoxy) is 1. The topological polar surface area (TPSA) is 47.3 Å². The van der Waals surface area contributed by atoms with Crippen molar-refractivity contribution in [1.29, 1.82) is 0 Å². The molecule has 3 nitrogen and oxygen atoms in total. The molecule has 2 unspecified atom stereocenters. The second-order valence-corrected chi connectivity index (χ2v) is 5.28. The van der Waals surface area contributed by atoms with Crippen LogP contribution in [0.4, 0.5) is 8.78 Å². The van der Waals surface area contributed by atoms with Crippen molar-refractivity contribution in [1.82, 2.24) is 5.43 Å². The average Bonchev–Trinajstić information content (AvgIpc) is 2.40. The Hall–Kier alpha value is -1.04. The number of nitrogens with one attached hydrogen (secondary N) is 1. The van der Waals surface area contributed by atoms with Crippen LogP contribution in [-0.4, -0.2) is 18.2 Å². The van der Waals surface area contributed by atoms with E-state index in [-0.39, 0.29) is 6.04 Å². The van der Waals surface area contributed by atoms with E-state index in [1.165, 1.54) is 6.07 Å². The van der Waals surface area contributed by atoms with Crippen LogP contribution < -0.4 is 11.3 Å². The summed E-state index contributed by atoms with van der Waals surface area (Å²) in [7, 11) is 0. The van der Waals surface area contributed by atoms with E-state index >= 15 is 0 Å². The van der Waals surface area contributed by atoms with Gasteiger partial charge in [0, 0.05) is 6.61 Å². The maximum atomic E-state index is 13.7. The minimum Gasteiger partial charge on any atom is -0.374 e. The van der Waals surface area contributed by atoms with Crippen LogP contribution in [0.5, 0.6) is 0 Å². The Morgan fingerprint density at radius 1 is 1.42 bits per heavy atom. The monoisotopic (exact) mass is 270 g/mol. The normalized spacial score (nSPS) is 25.3. The highest BCUT2D eigenvalue weighted by atomic mass is 19.1. The summed E-state index contributed by atoms with van der Waals surface area (Å²) in [6, 6.07) is 3.22. The van der Waals surface area contributed by atoms with Crippen molar-refractivity contribution in [3.8, 4) is 0 Å². The lowest BCUT2D eigenvalue weighted by atomic mass is 9.85. The lowest BCUT2D eigenvalue weighted by Crippen LogP contribution is -2.55. The van der Waals surface area contributed by atoms with Crippen molar-refractivity contribution in [3.63, 3.8) is 0 Å². The fourth-order valence-corrected chi connectivity index (χ4v) is 2.60. The molecule has 1 aromatic carbocycles. The molecule has 0 aliphatic carbocycles. The zero-order valence-electron chi connectivity index (χ0n) is 11.1. The molecule has 0 saturated carbocycles. The van der Waals surface area contributed by atoms with Crippen LogP contribution in [0, 0.1) is 11.6 Å². The van der Waals surface area contributed by atoms with Gasteiger partial charge in [-0.2, -0.15) is 0 Å². The quantitative estimate of drug-likeness (QED) is 0.652. The summed E-state index contributed by atoms with van der Waals surface area (Å²) in [5, 5.41) is 0. The van der Waals surface area contributed by atoms with Gasteiger partial charge in [-0.05, 0) is 56.4 Å².